The average Bonchev–Trinajstić information content (AvgIpc) is 3.11. The van der Waals surface area contributed by atoms with Gasteiger partial charge in [-0.2, -0.15) is 0 Å². The summed E-state index contributed by atoms with van der Waals surface area (Å²) in [5.74, 6) is 1.25. The number of ether oxygens (including phenoxy) is 2. The Hall–Kier alpha value is -3.02. The van der Waals surface area contributed by atoms with Crippen LogP contribution >= 0.6 is 0 Å². The standard InChI is InChI=1S/C22H26N2O4/c1-27-19-9-7-16(8-10-19)14-23-22(26)18-13-21(25)24(15-18)12-11-17-5-3-4-6-20(17)28-2/h3-10,18H,11-15H2,1-2H3,(H,23,26). The van der Waals surface area contributed by atoms with Gasteiger partial charge >= 0.3 is 0 Å². The number of amides is 2. The van der Waals surface area contributed by atoms with Crippen molar-refractivity contribution in [2.24, 2.45) is 5.92 Å². The molecule has 1 saturated heterocycles. The van der Waals surface area contributed by atoms with Gasteiger partial charge in [0.25, 0.3) is 0 Å². The molecule has 1 fully saturated rings. The molecule has 2 aromatic carbocycles. The van der Waals surface area contributed by atoms with E-state index < -0.39 is 0 Å². The number of para-hydroxylation sites is 1. The van der Waals surface area contributed by atoms with Crippen LogP contribution in [0.25, 0.3) is 0 Å². The van der Waals surface area contributed by atoms with Gasteiger partial charge in [-0.25, -0.2) is 0 Å². The Bertz CT molecular complexity index is 820. The normalized spacial score (nSPS) is 16.1. The third-order valence-electron chi connectivity index (χ3n) is 5.05. The highest BCUT2D eigenvalue weighted by molar-refractivity contribution is 5.89. The summed E-state index contributed by atoms with van der Waals surface area (Å²) in [5.41, 5.74) is 2.05. The van der Waals surface area contributed by atoms with Crippen molar-refractivity contribution in [2.75, 3.05) is 27.3 Å². The van der Waals surface area contributed by atoms with Gasteiger partial charge < -0.3 is 19.7 Å². The molecule has 2 aromatic rings. The largest absolute Gasteiger partial charge is 0.497 e. The summed E-state index contributed by atoms with van der Waals surface area (Å²) in [6.45, 7) is 1.48. The molecule has 0 saturated carbocycles. The van der Waals surface area contributed by atoms with Crippen molar-refractivity contribution in [3.8, 4) is 11.5 Å². The molecular weight excluding hydrogens is 356 g/mol. The van der Waals surface area contributed by atoms with E-state index in [2.05, 4.69) is 5.32 Å². The van der Waals surface area contributed by atoms with Crippen LogP contribution in [0.4, 0.5) is 0 Å². The zero-order valence-corrected chi connectivity index (χ0v) is 16.3. The van der Waals surface area contributed by atoms with Crippen LogP contribution in [0.15, 0.2) is 48.5 Å². The molecule has 1 N–H and O–H groups in total. The van der Waals surface area contributed by atoms with Crippen LogP contribution in [0.2, 0.25) is 0 Å². The van der Waals surface area contributed by atoms with Gasteiger partial charge in [-0.3, -0.25) is 9.59 Å². The van der Waals surface area contributed by atoms with Crippen molar-refractivity contribution in [1.82, 2.24) is 10.2 Å². The van der Waals surface area contributed by atoms with Crippen molar-refractivity contribution in [3.63, 3.8) is 0 Å². The van der Waals surface area contributed by atoms with Crippen molar-refractivity contribution < 1.29 is 19.1 Å². The predicted molar refractivity (Wildman–Crippen MR) is 106 cm³/mol. The summed E-state index contributed by atoms with van der Waals surface area (Å²) in [6, 6.07) is 15.3. The fourth-order valence-corrected chi connectivity index (χ4v) is 3.41. The van der Waals surface area contributed by atoms with Gasteiger partial charge in [0.15, 0.2) is 0 Å². The minimum Gasteiger partial charge on any atom is -0.497 e. The van der Waals surface area contributed by atoms with E-state index in [9.17, 15) is 9.59 Å². The lowest BCUT2D eigenvalue weighted by Gasteiger charge is -2.17. The summed E-state index contributed by atoms with van der Waals surface area (Å²) < 4.78 is 10.5. The highest BCUT2D eigenvalue weighted by Gasteiger charge is 2.33. The number of nitrogens with zero attached hydrogens (tertiary/aromatic N) is 1. The van der Waals surface area contributed by atoms with Crippen molar-refractivity contribution in [2.45, 2.75) is 19.4 Å². The van der Waals surface area contributed by atoms with Crippen LogP contribution in [-0.2, 0) is 22.6 Å². The molecule has 1 atom stereocenters. The maximum atomic E-state index is 12.5. The fourth-order valence-electron chi connectivity index (χ4n) is 3.41. The van der Waals surface area contributed by atoms with E-state index in [1.807, 2.05) is 48.5 Å². The van der Waals surface area contributed by atoms with Crippen molar-refractivity contribution in [3.05, 3.63) is 59.7 Å². The molecule has 0 spiro atoms. The molecule has 0 aliphatic carbocycles. The first-order chi connectivity index (χ1) is 13.6. The predicted octanol–water partition coefficient (Wildman–Crippen LogP) is 2.41. The molecule has 0 bridgehead atoms. The molecular formula is C22H26N2O4. The summed E-state index contributed by atoms with van der Waals surface area (Å²) in [6.07, 6.45) is 0.969. The molecule has 148 valence electrons. The van der Waals surface area contributed by atoms with Crippen LogP contribution in [0.3, 0.4) is 0 Å². The van der Waals surface area contributed by atoms with Gasteiger partial charge in [-0.15, -0.1) is 0 Å². The number of benzene rings is 2. The van der Waals surface area contributed by atoms with E-state index in [-0.39, 0.29) is 24.2 Å². The molecule has 1 aliphatic rings. The van der Waals surface area contributed by atoms with Gasteiger partial charge in [-0.1, -0.05) is 30.3 Å². The van der Waals surface area contributed by atoms with Gasteiger partial charge in [-0.05, 0) is 35.7 Å². The molecule has 6 heteroatoms. The van der Waals surface area contributed by atoms with Crippen LogP contribution in [-0.4, -0.2) is 44.0 Å². The molecule has 0 aromatic heterocycles. The number of rotatable bonds is 8. The molecule has 1 heterocycles. The Kier molecular flexibility index (Phi) is 6.53. The maximum absolute atomic E-state index is 12.5. The lowest BCUT2D eigenvalue weighted by atomic mass is 10.1. The first-order valence-electron chi connectivity index (χ1n) is 9.41. The summed E-state index contributed by atoms with van der Waals surface area (Å²) >= 11 is 0. The number of likely N-dealkylation sites (tertiary alicyclic amines) is 1. The quantitative estimate of drug-likeness (QED) is 0.761. The molecule has 1 aliphatic heterocycles. The minimum absolute atomic E-state index is 0.0273. The van der Waals surface area contributed by atoms with Crippen molar-refractivity contribution >= 4 is 11.8 Å². The second-order valence-corrected chi connectivity index (χ2v) is 6.87. The lowest BCUT2D eigenvalue weighted by molar-refractivity contribution is -0.129. The van der Waals surface area contributed by atoms with Crippen LogP contribution in [0.1, 0.15) is 17.5 Å². The van der Waals surface area contributed by atoms with Gasteiger partial charge in [0, 0.05) is 26.1 Å². The second kappa shape index (κ2) is 9.26. The number of hydrogen-bond donors (Lipinski definition) is 1. The van der Waals surface area contributed by atoms with Gasteiger partial charge in [0.1, 0.15) is 11.5 Å². The van der Waals surface area contributed by atoms with Crippen LogP contribution < -0.4 is 14.8 Å². The Labute approximate surface area is 165 Å². The zero-order valence-electron chi connectivity index (χ0n) is 16.3. The third kappa shape index (κ3) is 4.82. The molecule has 6 nitrogen and oxygen atoms in total. The topological polar surface area (TPSA) is 67.9 Å². The van der Waals surface area contributed by atoms with E-state index in [0.29, 0.717) is 26.1 Å². The highest BCUT2D eigenvalue weighted by atomic mass is 16.5. The first-order valence-corrected chi connectivity index (χ1v) is 9.41. The van der Waals surface area contributed by atoms with Gasteiger partial charge in [0.05, 0.1) is 20.1 Å². The fraction of sp³-hybridized carbons (Fsp3) is 0.364. The lowest BCUT2D eigenvalue weighted by Crippen LogP contribution is -2.33. The second-order valence-electron chi connectivity index (χ2n) is 6.87. The number of hydrogen-bond acceptors (Lipinski definition) is 4. The number of carbonyl (C=O) groups excluding carboxylic acids is 2. The summed E-state index contributed by atoms with van der Waals surface area (Å²) in [4.78, 5) is 26.6. The number of nitrogens with one attached hydrogen (secondary N) is 1. The molecule has 0 radical (unpaired) electrons. The molecule has 1 unspecified atom stereocenters. The summed E-state index contributed by atoms with van der Waals surface area (Å²) in [7, 11) is 3.26. The highest BCUT2D eigenvalue weighted by Crippen LogP contribution is 2.22. The average molecular weight is 382 g/mol. The van der Waals surface area contributed by atoms with E-state index in [1.165, 1.54) is 0 Å². The first kappa shape index (κ1) is 19.7. The molecule has 3 rings (SSSR count). The Morgan fingerprint density at radius 1 is 1.11 bits per heavy atom. The minimum atomic E-state index is -0.302. The number of carbonyl (C=O) groups is 2. The Balaban J connectivity index is 1.49. The molecule has 28 heavy (non-hydrogen) atoms. The smallest absolute Gasteiger partial charge is 0.225 e. The van der Waals surface area contributed by atoms with E-state index in [1.54, 1.807) is 19.1 Å². The van der Waals surface area contributed by atoms with Crippen molar-refractivity contribution in [1.29, 1.82) is 0 Å². The van der Waals surface area contributed by atoms with Crippen LogP contribution in [0, 0.1) is 5.92 Å². The Morgan fingerprint density at radius 3 is 2.57 bits per heavy atom. The summed E-state index contributed by atoms with van der Waals surface area (Å²) in [5, 5.41) is 2.93. The van der Waals surface area contributed by atoms with Gasteiger partial charge in [0.2, 0.25) is 11.8 Å². The van der Waals surface area contributed by atoms with E-state index >= 15 is 0 Å². The number of methoxy groups -OCH3 is 2. The molecule has 2 amide bonds. The van der Waals surface area contributed by atoms with E-state index in [4.69, 9.17) is 9.47 Å². The SMILES string of the molecule is COc1ccc(CNC(=O)C2CC(=O)N(CCc3ccccc3OC)C2)cc1. The third-order valence-corrected chi connectivity index (χ3v) is 5.05. The van der Waals surface area contributed by atoms with Crippen LogP contribution in [0.5, 0.6) is 11.5 Å². The monoisotopic (exact) mass is 382 g/mol. The maximum Gasteiger partial charge on any atom is 0.225 e. The Morgan fingerprint density at radius 2 is 1.86 bits per heavy atom. The zero-order chi connectivity index (χ0) is 19.9. The van der Waals surface area contributed by atoms with E-state index in [0.717, 1.165) is 22.6 Å².